The lowest BCUT2D eigenvalue weighted by Crippen LogP contribution is -2.43. The molecular weight excluding hydrogens is 226 g/mol. The molecule has 0 aromatic rings. The Morgan fingerprint density at radius 1 is 1.50 bits per heavy atom. The van der Waals surface area contributed by atoms with Gasteiger partial charge in [-0.3, -0.25) is 0 Å². The standard InChI is InChI=1S/C10H23N3O2S/c1-9(2)13(3)16(14,15)12-8-6-10-5-4-7-11-10/h9-12H,4-8H2,1-3H3. The first-order valence-corrected chi connectivity index (χ1v) is 7.33. The topological polar surface area (TPSA) is 61.4 Å². The van der Waals surface area contributed by atoms with E-state index in [1.165, 1.54) is 10.7 Å². The summed E-state index contributed by atoms with van der Waals surface area (Å²) in [5.41, 5.74) is 0. The molecule has 1 unspecified atom stereocenters. The van der Waals surface area contributed by atoms with Gasteiger partial charge >= 0.3 is 0 Å². The van der Waals surface area contributed by atoms with Gasteiger partial charge in [0, 0.05) is 25.7 Å². The Hall–Kier alpha value is -0.170. The van der Waals surface area contributed by atoms with Crippen molar-refractivity contribution < 1.29 is 8.42 Å². The molecule has 1 saturated heterocycles. The lowest BCUT2D eigenvalue weighted by atomic mass is 10.2. The summed E-state index contributed by atoms with van der Waals surface area (Å²) in [6, 6.07) is 0.467. The number of rotatable bonds is 6. The van der Waals surface area contributed by atoms with E-state index in [0.717, 1.165) is 19.4 Å². The molecule has 0 spiro atoms. The van der Waals surface area contributed by atoms with Gasteiger partial charge < -0.3 is 5.32 Å². The highest BCUT2D eigenvalue weighted by Gasteiger charge is 2.20. The lowest BCUT2D eigenvalue weighted by Gasteiger charge is -2.21. The predicted octanol–water partition coefficient (Wildman–Crippen LogP) is 0.303. The fraction of sp³-hybridized carbons (Fsp3) is 1.00. The highest BCUT2D eigenvalue weighted by atomic mass is 32.2. The molecule has 5 nitrogen and oxygen atoms in total. The second kappa shape index (κ2) is 5.95. The van der Waals surface area contributed by atoms with Crippen molar-refractivity contribution in [3.8, 4) is 0 Å². The van der Waals surface area contributed by atoms with Crippen molar-refractivity contribution in [3.63, 3.8) is 0 Å². The molecule has 0 aromatic heterocycles. The van der Waals surface area contributed by atoms with Crippen LogP contribution in [0.2, 0.25) is 0 Å². The Kier molecular flexibility index (Phi) is 5.17. The summed E-state index contributed by atoms with van der Waals surface area (Å²) in [6.45, 7) is 5.29. The van der Waals surface area contributed by atoms with Crippen LogP contribution >= 0.6 is 0 Å². The number of hydrogen-bond acceptors (Lipinski definition) is 3. The van der Waals surface area contributed by atoms with Crippen LogP contribution in [-0.2, 0) is 10.2 Å². The first-order valence-electron chi connectivity index (χ1n) is 5.89. The van der Waals surface area contributed by atoms with Crippen molar-refractivity contribution >= 4 is 10.2 Å². The van der Waals surface area contributed by atoms with Gasteiger partial charge in [-0.15, -0.1) is 0 Å². The van der Waals surface area contributed by atoms with Crippen LogP contribution in [0.25, 0.3) is 0 Å². The van der Waals surface area contributed by atoms with Crippen LogP contribution in [0.5, 0.6) is 0 Å². The number of nitrogens with one attached hydrogen (secondary N) is 2. The van der Waals surface area contributed by atoms with Crippen molar-refractivity contribution in [2.75, 3.05) is 20.1 Å². The lowest BCUT2D eigenvalue weighted by molar-refractivity contribution is 0.400. The zero-order chi connectivity index (χ0) is 12.2. The van der Waals surface area contributed by atoms with Gasteiger partial charge in [0.05, 0.1) is 0 Å². The van der Waals surface area contributed by atoms with Crippen molar-refractivity contribution in [2.24, 2.45) is 0 Å². The first kappa shape index (κ1) is 13.9. The average Bonchev–Trinajstić information content (AvgIpc) is 2.69. The molecule has 0 bridgehead atoms. The quantitative estimate of drug-likeness (QED) is 0.712. The molecule has 0 radical (unpaired) electrons. The van der Waals surface area contributed by atoms with E-state index in [2.05, 4.69) is 10.0 Å². The third kappa shape index (κ3) is 4.01. The molecule has 96 valence electrons. The van der Waals surface area contributed by atoms with Crippen molar-refractivity contribution in [1.82, 2.24) is 14.3 Å². The highest BCUT2D eigenvalue weighted by Crippen LogP contribution is 2.08. The molecule has 0 saturated carbocycles. The molecule has 1 heterocycles. The van der Waals surface area contributed by atoms with E-state index in [0.29, 0.717) is 12.6 Å². The Morgan fingerprint density at radius 3 is 2.69 bits per heavy atom. The minimum absolute atomic E-state index is 0.0119. The van der Waals surface area contributed by atoms with Gasteiger partial charge in [-0.1, -0.05) is 0 Å². The molecule has 1 aliphatic rings. The van der Waals surface area contributed by atoms with E-state index in [9.17, 15) is 8.42 Å². The second-order valence-corrected chi connectivity index (χ2v) is 6.41. The summed E-state index contributed by atoms with van der Waals surface area (Å²) in [7, 11) is -1.70. The minimum Gasteiger partial charge on any atom is -0.314 e. The van der Waals surface area contributed by atoms with Gasteiger partial charge in [-0.05, 0) is 39.7 Å². The maximum absolute atomic E-state index is 11.7. The maximum atomic E-state index is 11.7. The molecule has 1 rings (SSSR count). The van der Waals surface area contributed by atoms with Crippen molar-refractivity contribution in [2.45, 2.75) is 45.2 Å². The summed E-state index contributed by atoms with van der Waals surface area (Å²) in [6.07, 6.45) is 3.22. The zero-order valence-electron chi connectivity index (χ0n) is 10.4. The molecule has 1 aliphatic heterocycles. The van der Waals surface area contributed by atoms with Crippen LogP contribution in [0.15, 0.2) is 0 Å². The largest absolute Gasteiger partial charge is 0.314 e. The maximum Gasteiger partial charge on any atom is 0.279 e. The summed E-state index contributed by atoms with van der Waals surface area (Å²) in [5, 5.41) is 3.35. The molecule has 0 aromatic carbocycles. The smallest absolute Gasteiger partial charge is 0.279 e. The fourth-order valence-electron chi connectivity index (χ4n) is 1.74. The van der Waals surface area contributed by atoms with E-state index >= 15 is 0 Å². The molecule has 0 amide bonds. The summed E-state index contributed by atoms with van der Waals surface area (Å²) < 4.78 is 27.5. The highest BCUT2D eigenvalue weighted by molar-refractivity contribution is 7.87. The molecular formula is C10H23N3O2S. The van der Waals surface area contributed by atoms with Crippen molar-refractivity contribution in [3.05, 3.63) is 0 Å². The zero-order valence-corrected chi connectivity index (χ0v) is 11.2. The molecule has 1 fully saturated rings. The molecule has 0 aliphatic carbocycles. The Morgan fingerprint density at radius 2 is 2.19 bits per heavy atom. The normalized spacial score (nSPS) is 22.2. The molecule has 1 atom stereocenters. The van der Waals surface area contributed by atoms with Crippen LogP contribution in [-0.4, -0.2) is 44.9 Å². The number of nitrogens with zero attached hydrogens (tertiary/aromatic N) is 1. The van der Waals surface area contributed by atoms with Crippen LogP contribution in [0.4, 0.5) is 0 Å². The van der Waals surface area contributed by atoms with Crippen molar-refractivity contribution in [1.29, 1.82) is 0 Å². The van der Waals surface area contributed by atoms with E-state index in [1.807, 2.05) is 13.8 Å². The van der Waals surface area contributed by atoms with Crippen LogP contribution in [0.3, 0.4) is 0 Å². The van der Waals surface area contributed by atoms with E-state index in [4.69, 9.17) is 0 Å². The Bertz CT molecular complexity index is 297. The van der Waals surface area contributed by atoms with Gasteiger partial charge in [-0.25, -0.2) is 4.72 Å². The summed E-state index contributed by atoms with van der Waals surface area (Å²) in [4.78, 5) is 0. The number of hydrogen-bond donors (Lipinski definition) is 2. The summed E-state index contributed by atoms with van der Waals surface area (Å²) in [5.74, 6) is 0. The monoisotopic (exact) mass is 249 g/mol. The van der Waals surface area contributed by atoms with Gasteiger partial charge in [0.15, 0.2) is 0 Å². The third-order valence-corrected chi connectivity index (χ3v) is 4.79. The Balaban J connectivity index is 2.30. The van der Waals surface area contributed by atoms with Gasteiger partial charge in [-0.2, -0.15) is 12.7 Å². The molecule has 2 N–H and O–H groups in total. The first-order chi connectivity index (χ1) is 7.43. The Labute approximate surface area is 98.8 Å². The third-order valence-electron chi connectivity index (χ3n) is 3.05. The van der Waals surface area contributed by atoms with Crippen LogP contribution in [0.1, 0.15) is 33.1 Å². The van der Waals surface area contributed by atoms with Gasteiger partial charge in [0.2, 0.25) is 0 Å². The minimum atomic E-state index is -3.30. The molecule has 6 heteroatoms. The SMILES string of the molecule is CC(C)N(C)S(=O)(=O)NCCC1CCCN1. The fourth-order valence-corrected chi connectivity index (χ4v) is 2.88. The second-order valence-electron chi connectivity index (χ2n) is 4.59. The van der Waals surface area contributed by atoms with Gasteiger partial charge in [0.1, 0.15) is 0 Å². The predicted molar refractivity (Wildman–Crippen MR) is 65.5 cm³/mol. The van der Waals surface area contributed by atoms with Crippen LogP contribution in [0, 0.1) is 0 Å². The summed E-state index contributed by atoms with van der Waals surface area (Å²) >= 11 is 0. The van der Waals surface area contributed by atoms with E-state index in [-0.39, 0.29) is 6.04 Å². The van der Waals surface area contributed by atoms with E-state index in [1.54, 1.807) is 7.05 Å². The molecule has 16 heavy (non-hydrogen) atoms. The van der Waals surface area contributed by atoms with Gasteiger partial charge in [0.25, 0.3) is 10.2 Å². The van der Waals surface area contributed by atoms with E-state index < -0.39 is 10.2 Å². The van der Waals surface area contributed by atoms with Crippen LogP contribution < -0.4 is 10.0 Å². The average molecular weight is 249 g/mol.